The summed E-state index contributed by atoms with van der Waals surface area (Å²) in [5.41, 5.74) is 7.03. The molecule has 1 saturated heterocycles. The number of carbonyl (C=O) groups excluding carboxylic acids is 1. The standard InChI is InChI=1S/C18H28N2O3/c1-18(2,3)16(19)17(21)20-7-6-12(11-20)13-8-14(22-4)10-15(9-13)23-5/h8-10,12,16H,6-7,11,19H2,1-5H3/t12-,16+/m0/s1. The van der Waals surface area contributed by atoms with Crippen LogP contribution in [-0.4, -0.2) is 44.2 Å². The summed E-state index contributed by atoms with van der Waals surface area (Å²) in [4.78, 5) is 14.4. The van der Waals surface area contributed by atoms with E-state index in [1.165, 1.54) is 0 Å². The average Bonchev–Trinajstić information content (AvgIpc) is 3.01. The first-order valence-electron chi connectivity index (χ1n) is 8.03. The largest absolute Gasteiger partial charge is 0.497 e. The number of likely N-dealkylation sites (tertiary alicyclic amines) is 1. The maximum absolute atomic E-state index is 12.6. The zero-order valence-corrected chi connectivity index (χ0v) is 14.8. The number of nitrogens with zero attached hydrogens (tertiary/aromatic N) is 1. The Labute approximate surface area is 138 Å². The molecule has 0 radical (unpaired) electrons. The zero-order valence-electron chi connectivity index (χ0n) is 14.8. The Morgan fingerprint density at radius 1 is 1.22 bits per heavy atom. The maximum atomic E-state index is 12.6. The van der Waals surface area contributed by atoms with Crippen molar-refractivity contribution < 1.29 is 14.3 Å². The van der Waals surface area contributed by atoms with Gasteiger partial charge in [0.05, 0.1) is 20.3 Å². The van der Waals surface area contributed by atoms with Gasteiger partial charge in [0, 0.05) is 25.1 Å². The third-order valence-corrected chi connectivity index (χ3v) is 4.54. The van der Waals surface area contributed by atoms with Crippen LogP contribution in [0.4, 0.5) is 0 Å². The van der Waals surface area contributed by atoms with E-state index in [2.05, 4.69) is 0 Å². The van der Waals surface area contributed by atoms with E-state index in [0.29, 0.717) is 6.54 Å². The number of hydrogen-bond acceptors (Lipinski definition) is 4. The highest BCUT2D eigenvalue weighted by Gasteiger charge is 2.35. The van der Waals surface area contributed by atoms with E-state index in [-0.39, 0.29) is 17.2 Å². The Morgan fingerprint density at radius 2 is 1.78 bits per heavy atom. The van der Waals surface area contributed by atoms with E-state index in [1.54, 1.807) is 14.2 Å². The van der Waals surface area contributed by atoms with Crippen molar-refractivity contribution in [3.05, 3.63) is 23.8 Å². The average molecular weight is 320 g/mol. The predicted octanol–water partition coefficient (Wildman–Crippen LogP) is 2.39. The van der Waals surface area contributed by atoms with Crippen LogP contribution in [-0.2, 0) is 4.79 Å². The summed E-state index contributed by atoms with van der Waals surface area (Å²) in [5, 5.41) is 0. The number of carbonyl (C=O) groups is 1. The second kappa shape index (κ2) is 6.79. The lowest BCUT2D eigenvalue weighted by Gasteiger charge is -2.30. The van der Waals surface area contributed by atoms with E-state index in [0.717, 1.165) is 30.0 Å². The van der Waals surface area contributed by atoms with E-state index >= 15 is 0 Å². The summed E-state index contributed by atoms with van der Waals surface area (Å²) in [7, 11) is 3.29. The Bertz CT molecular complexity index is 544. The molecule has 0 aliphatic carbocycles. The number of amides is 1. The minimum atomic E-state index is -0.471. The molecule has 23 heavy (non-hydrogen) atoms. The molecule has 1 heterocycles. The molecule has 0 spiro atoms. The summed E-state index contributed by atoms with van der Waals surface area (Å²) in [5.74, 6) is 1.87. The number of methoxy groups -OCH3 is 2. The van der Waals surface area contributed by atoms with Gasteiger partial charge in [0.25, 0.3) is 0 Å². The molecule has 0 bridgehead atoms. The van der Waals surface area contributed by atoms with Crippen LogP contribution in [0.5, 0.6) is 11.5 Å². The van der Waals surface area contributed by atoms with Crippen LogP contribution in [0.1, 0.15) is 38.7 Å². The molecule has 5 heteroatoms. The van der Waals surface area contributed by atoms with Gasteiger partial charge in [-0.2, -0.15) is 0 Å². The van der Waals surface area contributed by atoms with E-state index in [4.69, 9.17) is 15.2 Å². The fourth-order valence-corrected chi connectivity index (χ4v) is 2.86. The van der Waals surface area contributed by atoms with Gasteiger partial charge in [-0.3, -0.25) is 4.79 Å². The van der Waals surface area contributed by atoms with Crippen molar-refractivity contribution in [3.8, 4) is 11.5 Å². The number of ether oxygens (including phenoxy) is 2. The first-order valence-corrected chi connectivity index (χ1v) is 8.03. The topological polar surface area (TPSA) is 64.8 Å². The number of benzene rings is 1. The van der Waals surface area contributed by atoms with E-state index < -0.39 is 6.04 Å². The molecule has 128 valence electrons. The number of rotatable bonds is 4. The highest BCUT2D eigenvalue weighted by atomic mass is 16.5. The van der Waals surface area contributed by atoms with E-state index in [9.17, 15) is 4.79 Å². The monoisotopic (exact) mass is 320 g/mol. The van der Waals surface area contributed by atoms with Gasteiger partial charge in [0.15, 0.2) is 0 Å². The summed E-state index contributed by atoms with van der Waals surface area (Å²) in [6.45, 7) is 7.42. The van der Waals surface area contributed by atoms with Crippen molar-refractivity contribution in [2.24, 2.45) is 11.1 Å². The first kappa shape index (κ1) is 17.6. The molecule has 1 aromatic rings. The van der Waals surface area contributed by atoms with Crippen LogP contribution in [0.2, 0.25) is 0 Å². The van der Waals surface area contributed by atoms with Crippen LogP contribution >= 0.6 is 0 Å². The molecule has 1 aromatic carbocycles. The third-order valence-electron chi connectivity index (χ3n) is 4.54. The molecular formula is C18H28N2O3. The number of hydrogen-bond donors (Lipinski definition) is 1. The van der Waals surface area contributed by atoms with Crippen LogP contribution in [0.3, 0.4) is 0 Å². The van der Waals surface area contributed by atoms with Crippen molar-refractivity contribution in [2.45, 2.75) is 39.2 Å². The van der Waals surface area contributed by atoms with Crippen molar-refractivity contribution in [3.63, 3.8) is 0 Å². The molecule has 2 rings (SSSR count). The zero-order chi connectivity index (χ0) is 17.2. The SMILES string of the molecule is COc1cc(OC)cc([C@H]2CCN(C(=O)[C@@H](N)C(C)(C)C)C2)c1. The Hall–Kier alpha value is -1.75. The highest BCUT2D eigenvalue weighted by Crippen LogP contribution is 2.33. The molecule has 1 amide bonds. The van der Waals surface area contributed by atoms with Gasteiger partial charge in [0.1, 0.15) is 11.5 Å². The normalized spacial score (nSPS) is 19.6. The van der Waals surface area contributed by atoms with Crippen molar-refractivity contribution >= 4 is 5.91 Å². The third kappa shape index (κ3) is 3.96. The molecule has 1 aliphatic rings. The minimum absolute atomic E-state index is 0.0369. The molecule has 0 unspecified atom stereocenters. The fourth-order valence-electron chi connectivity index (χ4n) is 2.86. The van der Waals surface area contributed by atoms with Gasteiger partial charge in [-0.15, -0.1) is 0 Å². The van der Waals surface area contributed by atoms with Crippen LogP contribution in [0.15, 0.2) is 18.2 Å². The quantitative estimate of drug-likeness (QED) is 0.925. The fraction of sp³-hybridized carbons (Fsp3) is 0.611. The van der Waals surface area contributed by atoms with Gasteiger partial charge < -0.3 is 20.1 Å². The van der Waals surface area contributed by atoms with E-state index in [1.807, 2.05) is 43.9 Å². The summed E-state index contributed by atoms with van der Waals surface area (Å²) >= 11 is 0. The molecule has 0 aromatic heterocycles. The second-order valence-corrected chi connectivity index (χ2v) is 7.26. The van der Waals surface area contributed by atoms with Gasteiger partial charge in [-0.1, -0.05) is 20.8 Å². The highest BCUT2D eigenvalue weighted by molar-refractivity contribution is 5.82. The lowest BCUT2D eigenvalue weighted by Crippen LogP contribution is -2.49. The molecular weight excluding hydrogens is 292 g/mol. The maximum Gasteiger partial charge on any atom is 0.240 e. The van der Waals surface area contributed by atoms with Gasteiger partial charge in [-0.05, 0) is 29.5 Å². The van der Waals surface area contributed by atoms with Crippen LogP contribution < -0.4 is 15.2 Å². The van der Waals surface area contributed by atoms with Crippen LogP contribution in [0, 0.1) is 5.41 Å². The summed E-state index contributed by atoms with van der Waals surface area (Å²) in [6, 6.07) is 5.42. The van der Waals surface area contributed by atoms with Gasteiger partial charge >= 0.3 is 0 Å². The molecule has 2 atom stereocenters. The van der Waals surface area contributed by atoms with Gasteiger partial charge in [-0.25, -0.2) is 0 Å². The van der Waals surface area contributed by atoms with Crippen molar-refractivity contribution in [1.29, 1.82) is 0 Å². The first-order chi connectivity index (χ1) is 10.8. The lowest BCUT2D eigenvalue weighted by atomic mass is 9.86. The Morgan fingerprint density at radius 3 is 2.26 bits per heavy atom. The minimum Gasteiger partial charge on any atom is -0.497 e. The van der Waals surface area contributed by atoms with Crippen molar-refractivity contribution in [2.75, 3.05) is 27.3 Å². The smallest absolute Gasteiger partial charge is 0.240 e. The molecule has 1 aliphatic heterocycles. The van der Waals surface area contributed by atoms with Crippen LogP contribution in [0.25, 0.3) is 0 Å². The molecule has 2 N–H and O–H groups in total. The second-order valence-electron chi connectivity index (χ2n) is 7.26. The molecule has 5 nitrogen and oxygen atoms in total. The van der Waals surface area contributed by atoms with Crippen molar-refractivity contribution in [1.82, 2.24) is 4.90 Å². The molecule has 1 fully saturated rings. The Balaban J connectivity index is 2.12. The summed E-state index contributed by atoms with van der Waals surface area (Å²) in [6.07, 6.45) is 0.929. The predicted molar refractivity (Wildman–Crippen MR) is 90.9 cm³/mol. The summed E-state index contributed by atoms with van der Waals surface area (Å²) < 4.78 is 10.7. The number of nitrogens with two attached hydrogens (primary N) is 1. The lowest BCUT2D eigenvalue weighted by molar-refractivity contribution is -0.133. The molecule has 0 saturated carbocycles. The van der Waals surface area contributed by atoms with Gasteiger partial charge in [0.2, 0.25) is 5.91 Å². The Kier molecular flexibility index (Phi) is 5.19.